The highest BCUT2D eigenvalue weighted by atomic mass is 16.6. The molecule has 0 unspecified atom stereocenters. The van der Waals surface area contributed by atoms with E-state index in [-0.39, 0.29) is 0 Å². The Morgan fingerprint density at radius 2 is 1.26 bits per heavy atom. The quantitative estimate of drug-likeness (QED) is 0.281. The van der Waals surface area contributed by atoms with Gasteiger partial charge in [0, 0.05) is 6.08 Å². The molecule has 31 heavy (non-hydrogen) atoms. The number of ether oxygens (including phenoxy) is 3. The summed E-state index contributed by atoms with van der Waals surface area (Å²) in [5.41, 5.74) is -2.09. The lowest BCUT2D eigenvalue weighted by atomic mass is 10.2. The highest BCUT2D eigenvalue weighted by molar-refractivity contribution is 5.82. The van der Waals surface area contributed by atoms with Crippen molar-refractivity contribution in [3.8, 4) is 0 Å². The zero-order chi connectivity index (χ0) is 23.9. The molecule has 0 aromatic rings. The van der Waals surface area contributed by atoms with E-state index in [1.807, 2.05) is 0 Å². The van der Waals surface area contributed by atoms with Gasteiger partial charge in [-0.2, -0.15) is 0 Å². The average molecular weight is 441 g/mol. The van der Waals surface area contributed by atoms with Gasteiger partial charge in [-0.1, -0.05) is 6.08 Å². The maximum absolute atomic E-state index is 11.6. The van der Waals surface area contributed by atoms with Gasteiger partial charge in [-0.05, 0) is 74.1 Å². The van der Waals surface area contributed by atoms with Gasteiger partial charge in [0.15, 0.2) is 0 Å². The second kappa shape index (κ2) is 10.2. The Kier molecular flexibility index (Phi) is 8.66. The monoisotopic (exact) mass is 440 g/mol. The highest BCUT2D eigenvalue weighted by Crippen LogP contribution is 2.37. The number of hydrogen-bond donors (Lipinski definition) is 2. The summed E-state index contributed by atoms with van der Waals surface area (Å²) in [4.78, 5) is 44.5. The van der Waals surface area contributed by atoms with E-state index in [4.69, 9.17) is 14.2 Å². The van der Waals surface area contributed by atoms with E-state index < -0.39 is 40.4 Å². The van der Waals surface area contributed by atoms with Crippen LogP contribution in [0.2, 0.25) is 0 Å². The molecule has 2 rings (SSSR count). The van der Waals surface area contributed by atoms with Crippen molar-refractivity contribution in [3.05, 3.63) is 12.2 Å². The van der Waals surface area contributed by atoms with Gasteiger partial charge in [0.25, 0.3) is 0 Å². The number of hydrogen-bond acceptors (Lipinski definition) is 7. The molecule has 0 aliphatic heterocycles. The Labute approximate surface area is 184 Å². The van der Waals surface area contributed by atoms with Crippen LogP contribution in [0.3, 0.4) is 0 Å². The second-order valence-corrected chi connectivity index (χ2v) is 9.77. The Morgan fingerprint density at radius 1 is 0.839 bits per heavy atom. The van der Waals surface area contributed by atoms with Crippen molar-refractivity contribution in [2.45, 2.75) is 96.4 Å². The molecule has 0 saturated heterocycles. The molecule has 0 atom stereocenters. The summed E-state index contributed by atoms with van der Waals surface area (Å²) >= 11 is 0. The van der Waals surface area contributed by atoms with Crippen LogP contribution in [0.25, 0.3) is 0 Å². The van der Waals surface area contributed by atoms with Crippen molar-refractivity contribution in [2.75, 3.05) is 6.61 Å². The molecule has 2 N–H and O–H groups in total. The summed E-state index contributed by atoms with van der Waals surface area (Å²) in [5.74, 6) is -0.394. The van der Waals surface area contributed by atoms with Gasteiger partial charge in [-0.25, -0.2) is 14.4 Å². The lowest BCUT2D eigenvalue weighted by molar-refractivity contribution is -0.137. The van der Waals surface area contributed by atoms with Gasteiger partial charge in [-0.15, -0.1) is 0 Å². The minimum atomic E-state index is -0.623. The minimum Gasteiger partial charge on any atom is -0.463 e. The second-order valence-electron chi connectivity index (χ2n) is 9.77. The predicted octanol–water partition coefficient (Wildman–Crippen LogP) is 3.41. The molecule has 9 heteroatoms. The van der Waals surface area contributed by atoms with Crippen LogP contribution in [0.4, 0.5) is 9.59 Å². The van der Waals surface area contributed by atoms with Crippen molar-refractivity contribution >= 4 is 24.4 Å². The van der Waals surface area contributed by atoms with E-state index in [2.05, 4.69) is 10.6 Å². The molecule has 176 valence electrons. The Morgan fingerprint density at radius 3 is 1.58 bits per heavy atom. The fourth-order valence-electron chi connectivity index (χ4n) is 2.31. The standard InChI is InChI=1S/C13H21NO4.C9H15NO3/c1-5-17-10(15)6-7-13(8-9-13)14-11(16)18-12(2,3)4;1-8(2,3)13-7(12)10-9(6-11)4-5-9/h6-7H,5,8-9H2,1-4H3,(H,14,16);6H,4-5H2,1-3H3,(H,10,12)/b7-6+;. The van der Waals surface area contributed by atoms with Gasteiger partial charge in [0.2, 0.25) is 0 Å². The summed E-state index contributed by atoms with van der Waals surface area (Å²) < 4.78 is 15.0. The first-order chi connectivity index (χ1) is 14.1. The number of carbonyl (C=O) groups is 4. The first kappa shape index (κ1) is 26.5. The van der Waals surface area contributed by atoms with Gasteiger partial charge in [-0.3, -0.25) is 0 Å². The van der Waals surface area contributed by atoms with Crippen LogP contribution < -0.4 is 10.6 Å². The third-order valence-electron chi connectivity index (χ3n) is 4.13. The third-order valence-corrected chi connectivity index (χ3v) is 4.13. The van der Waals surface area contributed by atoms with E-state index in [1.165, 1.54) is 6.08 Å². The molecule has 2 fully saturated rings. The molecule has 0 radical (unpaired) electrons. The number of amides is 2. The topological polar surface area (TPSA) is 120 Å². The van der Waals surface area contributed by atoms with Gasteiger partial charge in [0.1, 0.15) is 17.5 Å². The lowest BCUT2D eigenvalue weighted by Gasteiger charge is -2.22. The molecule has 0 aromatic carbocycles. The van der Waals surface area contributed by atoms with E-state index >= 15 is 0 Å². The fourth-order valence-corrected chi connectivity index (χ4v) is 2.31. The lowest BCUT2D eigenvalue weighted by Crippen LogP contribution is -2.41. The number of carbonyl (C=O) groups excluding carboxylic acids is 4. The highest BCUT2D eigenvalue weighted by Gasteiger charge is 2.45. The number of aldehydes is 1. The number of rotatable bonds is 6. The summed E-state index contributed by atoms with van der Waals surface area (Å²) in [7, 11) is 0. The van der Waals surface area contributed by atoms with Crippen LogP contribution in [-0.2, 0) is 23.8 Å². The Bertz CT molecular complexity index is 694. The molecular formula is C22H36N2O7. The molecule has 0 aromatic heterocycles. The molecule has 2 saturated carbocycles. The average Bonchev–Trinajstić information content (AvgIpc) is 3.49. The minimum absolute atomic E-state index is 0.343. The van der Waals surface area contributed by atoms with Gasteiger partial charge >= 0.3 is 18.2 Å². The number of alkyl carbamates (subject to hydrolysis) is 2. The van der Waals surface area contributed by atoms with Crippen LogP contribution in [0.5, 0.6) is 0 Å². The predicted molar refractivity (Wildman–Crippen MR) is 115 cm³/mol. The first-order valence-corrected chi connectivity index (χ1v) is 10.5. The van der Waals surface area contributed by atoms with E-state index in [0.29, 0.717) is 6.61 Å². The summed E-state index contributed by atoms with van der Waals surface area (Å²) in [5, 5.41) is 5.31. The van der Waals surface area contributed by atoms with E-state index in [1.54, 1.807) is 54.5 Å². The van der Waals surface area contributed by atoms with Crippen LogP contribution in [0, 0.1) is 0 Å². The molecule has 2 amide bonds. The zero-order valence-electron chi connectivity index (χ0n) is 19.6. The molecular weight excluding hydrogens is 404 g/mol. The van der Waals surface area contributed by atoms with Crippen LogP contribution >= 0.6 is 0 Å². The smallest absolute Gasteiger partial charge is 0.408 e. The summed E-state index contributed by atoms with van der Waals surface area (Å²) in [6.07, 6.45) is 5.88. The number of nitrogens with one attached hydrogen (secondary N) is 2. The maximum Gasteiger partial charge on any atom is 0.408 e. The van der Waals surface area contributed by atoms with Crippen LogP contribution in [-0.4, -0.2) is 53.3 Å². The van der Waals surface area contributed by atoms with Crippen molar-refractivity contribution < 1.29 is 33.4 Å². The van der Waals surface area contributed by atoms with Crippen molar-refractivity contribution in [1.82, 2.24) is 10.6 Å². The molecule has 9 nitrogen and oxygen atoms in total. The van der Waals surface area contributed by atoms with Crippen LogP contribution in [0.15, 0.2) is 12.2 Å². The zero-order valence-corrected chi connectivity index (χ0v) is 19.6. The Balaban J connectivity index is 0.000000327. The summed E-state index contributed by atoms with van der Waals surface area (Å²) in [6, 6.07) is 0. The largest absolute Gasteiger partial charge is 0.463 e. The fraction of sp³-hybridized carbons (Fsp3) is 0.727. The van der Waals surface area contributed by atoms with Gasteiger partial charge < -0.3 is 29.6 Å². The number of esters is 1. The van der Waals surface area contributed by atoms with E-state index in [0.717, 1.165) is 32.0 Å². The Hall–Kier alpha value is -2.58. The molecule has 0 spiro atoms. The van der Waals surface area contributed by atoms with Crippen molar-refractivity contribution in [2.24, 2.45) is 0 Å². The van der Waals surface area contributed by atoms with Crippen molar-refractivity contribution in [3.63, 3.8) is 0 Å². The molecule has 2 aliphatic rings. The molecule has 2 aliphatic carbocycles. The van der Waals surface area contributed by atoms with Gasteiger partial charge in [0.05, 0.1) is 17.7 Å². The normalized spacial score (nSPS) is 18.0. The maximum atomic E-state index is 11.6. The first-order valence-electron chi connectivity index (χ1n) is 10.5. The SMILES string of the molecule is CC(C)(C)OC(=O)NC1(C=O)CC1.CCOC(=O)/C=C/C1(NC(=O)OC(C)(C)C)CC1. The summed E-state index contributed by atoms with van der Waals surface area (Å²) in [6.45, 7) is 12.9. The van der Waals surface area contributed by atoms with E-state index in [9.17, 15) is 19.2 Å². The molecule has 0 bridgehead atoms. The molecule has 0 heterocycles. The van der Waals surface area contributed by atoms with Crippen LogP contribution in [0.1, 0.15) is 74.1 Å². The third kappa shape index (κ3) is 11.4. The van der Waals surface area contributed by atoms with Crippen molar-refractivity contribution in [1.29, 1.82) is 0 Å².